The summed E-state index contributed by atoms with van der Waals surface area (Å²) in [4.78, 5) is 16.9. The molecule has 1 fully saturated rings. The Labute approximate surface area is 149 Å². The second-order valence-corrected chi connectivity index (χ2v) is 6.74. The van der Waals surface area contributed by atoms with Crippen molar-refractivity contribution in [2.75, 3.05) is 39.8 Å². The summed E-state index contributed by atoms with van der Waals surface area (Å²) >= 11 is 0. The zero-order chi connectivity index (χ0) is 17.6. The first-order chi connectivity index (χ1) is 12.1. The lowest BCUT2D eigenvalue weighted by Crippen LogP contribution is -2.45. The predicted octanol–water partition coefficient (Wildman–Crippen LogP) is 1.69. The van der Waals surface area contributed by atoms with Gasteiger partial charge < -0.3 is 15.1 Å². The third-order valence-corrected chi connectivity index (χ3v) is 4.75. The Balaban J connectivity index is 1.48. The van der Waals surface area contributed by atoms with Gasteiger partial charge in [-0.05, 0) is 26.1 Å². The van der Waals surface area contributed by atoms with Crippen molar-refractivity contribution in [3.05, 3.63) is 48.3 Å². The fourth-order valence-electron chi connectivity index (χ4n) is 3.01. The molecule has 0 spiro atoms. The monoisotopic (exact) mass is 341 g/mol. The van der Waals surface area contributed by atoms with Crippen LogP contribution in [0.25, 0.3) is 5.69 Å². The number of nitrogens with zero attached hydrogens (tertiary/aromatic N) is 4. The van der Waals surface area contributed by atoms with E-state index < -0.39 is 0 Å². The van der Waals surface area contributed by atoms with E-state index >= 15 is 0 Å². The van der Waals surface area contributed by atoms with Crippen LogP contribution in [-0.2, 0) is 4.79 Å². The lowest BCUT2D eigenvalue weighted by molar-refractivity contribution is -0.122. The van der Waals surface area contributed by atoms with E-state index in [0.29, 0.717) is 6.42 Å². The van der Waals surface area contributed by atoms with E-state index in [4.69, 9.17) is 0 Å². The molecule has 0 aliphatic carbocycles. The van der Waals surface area contributed by atoms with Crippen LogP contribution in [0.2, 0.25) is 0 Å². The third-order valence-electron chi connectivity index (χ3n) is 4.75. The number of carbonyl (C=O) groups is 1. The molecule has 0 bridgehead atoms. The number of piperazine rings is 1. The van der Waals surface area contributed by atoms with Crippen molar-refractivity contribution < 1.29 is 4.79 Å². The fourth-order valence-corrected chi connectivity index (χ4v) is 3.01. The molecule has 1 aliphatic rings. The molecule has 1 aliphatic heterocycles. The molecule has 134 valence electrons. The SMILES string of the molecule is C[C@H](NC(=O)CCN1CCN(C)CC1)c1cnn(-c2ccccc2)c1. The number of nitrogens with one attached hydrogen (secondary N) is 1. The zero-order valence-corrected chi connectivity index (χ0v) is 15.1. The van der Waals surface area contributed by atoms with Crippen LogP contribution >= 0.6 is 0 Å². The molecule has 0 unspecified atom stereocenters. The van der Waals surface area contributed by atoms with Crippen LogP contribution in [0, 0.1) is 0 Å². The van der Waals surface area contributed by atoms with Crippen molar-refractivity contribution in [2.24, 2.45) is 0 Å². The highest BCUT2D eigenvalue weighted by atomic mass is 16.1. The summed E-state index contributed by atoms with van der Waals surface area (Å²) in [6, 6.07) is 9.93. The number of hydrogen-bond acceptors (Lipinski definition) is 4. The van der Waals surface area contributed by atoms with Gasteiger partial charge in [-0.1, -0.05) is 18.2 Å². The fraction of sp³-hybridized carbons (Fsp3) is 0.474. The van der Waals surface area contributed by atoms with Crippen molar-refractivity contribution >= 4 is 5.91 Å². The number of benzene rings is 1. The molecular weight excluding hydrogens is 314 g/mol. The summed E-state index contributed by atoms with van der Waals surface area (Å²) in [6.07, 6.45) is 4.33. The van der Waals surface area contributed by atoms with Crippen molar-refractivity contribution in [1.82, 2.24) is 24.9 Å². The van der Waals surface area contributed by atoms with Gasteiger partial charge in [-0.25, -0.2) is 4.68 Å². The van der Waals surface area contributed by atoms with Crippen molar-refractivity contribution in [2.45, 2.75) is 19.4 Å². The molecular formula is C19H27N5O. The van der Waals surface area contributed by atoms with Gasteiger partial charge in [0.25, 0.3) is 0 Å². The summed E-state index contributed by atoms with van der Waals surface area (Å²) in [5, 5.41) is 7.47. The molecule has 1 aromatic heterocycles. The predicted molar refractivity (Wildman–Crippen MR) is 98.7 cm³/mol. The molecule has 0 radical (unpaired) electrons. The van der Waals surface area contributed by atoms with Gasteiger partial charge in [0.15, 0.2) is 0 Å². The normalized spacial score (nSPS) is 17.4. The zero-order valence-electron chi connectivity index (χ0n) is 15.1. The highest BCUT2D eigenvalue weighted by molar-refractivity contribution is 5.76. The lowest BCUT2D eigenvalue weighted by Gasteiger charge is -2.32. The Morgan fingerprint density at radius 2 is 1.92 bits per heavy atom. The smallest absolute Gasteiger partial charge is 0.221 e. The molecule has 1 atom stereocenters. The summed E-state index contributed by atoms with van der Waals surface area (Å²) < 4.78 is 1.84. The van der Waals surface area contributed by atoms with Crippen LogP contribution in [0.1, 0.15) is 24.9 Å². The minimum absolute atomic E-state index is 0.0440. The molecule has 3 rings (SSSR count). The van der Waals surface area contributed by atoms with Gasteiger partial charge in [-0.3, -0.25) is 4.79 Å². The number of carbonyl (C=O) groups excluding carboxylic acids is 1. The summed E-state index contributed by atoms with van der Waals surface area (Å²) in [7, 11) is 2.14. The summed E-state index contributed by atoms with van der Waals surface area (Å²) in [5.41, 5.74) is 2.03. The Kier molecular flexibility index (Phi) is 5.83. The Morgan fingerprint density at radius 3 is 2.64 bits per heavy atom. The van der Waals surface area contributed by atoms with Crippen LogP contribution in [-0.4, -0.2) is 65.3 Å². The van der Waals surface area contributed by atoms with Crippen molar-refractivity contribution in [1.29, 1.82) is 0 Å². The van der Waals surface area contributed by atoms with E-state index in [2.05, 4.69) is 27.3 Å². The van der Waals surface area contributed by atoms with Crippen LogP contribution in [0.4, 0.5) is 0 Å². The van der Waals surface area contributed by atoms with Gasteiger partial charge in [-0.15, -0.1) is 0 Å². The average molecular weight is 341 g/mol. The maximum atomic E-state index is 12.2. The van der Waals surface area contributed by atoms with E-state index in [1.807, 2.05) is 54.3 Å². The van der Waals surface area contributed by atoms with E-state index in [0.717, 1.165) is 44.0 Å². The van der Waals surface area contributed by atoms with E-state index in [1.54, 1.807) is 0 Å². The standard InChI is InChI=1S/C19H27N5O/c1-16(17-14-20-24(15-17)18-6-4-3-5-7-18)21-19(25)8-9-23-12-10-22(2)11-13-23/h3-7,14-16H,8-13H2,1-2H3,(H,21,25)/t16-/m0/s1. The maximum Gasteiger partial charge on any atom is 0.221 e. The average Bonchev–Trinajstić information content (AvgIpc) is 3.12. The number of rotatable bonds is 6. The van der Waals surface area contributed by atoms with Gasteiger partial charge in [0, 0.05) is 50.9 Å². The Hall–Kier alpha value is -2.18. The number of hydrogen-bond donors (Lipinski definition) is 1. The van der Waals surface area contributed by atoms with E-state index in [9.17, 15) is 4.79 Å². The van der Waals surface area contributed by atoms with Gasteiger partial charge in [-0.2, -0.15) is 5.10 Å². The van der Waals surface area contributed by atoms with Gasteiger partial charge >= 0.3 is 0 Å². The minimum Gasteiger partial charge on any atom is -0.349 e. The largest absolute Gasteiger partial charge is 0.349 e. The summed E-state index contributed by atoms with van der Waals surface area (Å²) in [5.74, 6) is 0.0962. The van der Waals surface area contributed by atoms with Crippen LogP contribution in [0.15, 0.2) is 42.7 Å². The summed E-state index contributed by atoms with van der Waals surface area (Å²) in [6.45, 7) is 7.08. The van der Waals surface area contributed by atoms with Gasteiger partial charge in [0.05, 0.1) is 17.9 Å². The molecule has 6 nitrogen and oxygen atoms in total. The first-order valence-corrected chi connectivity index (χ1v) is 8.92. The first-order valence-electron chi connectivity index (χ1n) is 8.92. The lowest BCUT2D eigenvalue weighted by atomic mass is 10.2. The van der Waals surface area contributed by atoms with Crippen molar-refractivity contribution in [3.8, 4) is 5.69 Å². The Morgan fingerprint density at radius 1 is 1.20 bits per heavy atom. The molecule has 1 N–H and O–H groups in total. The number of likely N-dealkylation sites (N-methyl/N-ethyl adjacent to an activating group) is 1. The van der Waals surface area contributed by atoms with Gasteiger partial charge in [0.2, 0.25) is 5.91 Å². The third kappa shape index (κ3) is 4.90. The number of para-hydroxylation sites is 1. The van der Waals surface area contributed by atoms with Crippen molar-refractivity contribution in [3.63, 3.8) is 0 Å². The molecule has 1 amide bonds. The van der Waals surface area contributed by atoms with Crippen LogP contribution in [0.3, 0.4) is 0 Å². The molecule has 25 heavy (non-hydrogen) atoms. The van der Waals surface area contributed by atoms with Crippen LogP contribution < -0.4 is 5.32 Å². The molecule has 2 heterocycles. The molecule has 2 aromatic rings. The first kappa shape index (κ1) is 17.6. The topological polar surface area (TPSA) is 53.4 Å². The van der Waals surface area contributed by atoms with Gasteiger partial charge in [0.1, 0.15) is 0 Å². The van der Waals surface area contributed by atoms with Crippen LogP contribution in [0.5, 0.6) is 0 Å². The molecule has 1 saturated heterocycles. The van der Waals surface area contributed by atoms with E-state index in [1.165, 1.54) is 0 Å². The van der Waals surface area contributed by atoms with E-state index in [-0.39, 0.29) is 11.9 Å². The maximum absolute atomic E-state index is 12.2. The second kappa shape index (κ2) is 8.27. The second-order valence-electron chi connectivity index (χ2n) is 6.74. The number of amides is 1. The molecule has 1 aromatic carbocycles. The Bertz CT molecular complexity index is 676. The highest BCUT2D eigenvalue weighted by Gasteiger charge is 2.16. The highest BCUT2D eigenvalue weighted by Crippen LogP contribution is 2.14. The molecule has 6 heteroatoms. The quantitative estimate of drug-likeness (QED) is 0.869. The number of aromatic nitrogens is 2. The molecule has 0 saturated carbocycles. The minimum atomic E-state index is -0.0440.